The molecule has 6 nitrogen and oxygen atoms in total. The van der Waals surface area contributed by atoms with Gasteiger partial charge in [-0.15, -0.1) is 0 Å². The van der Waals surface area contributed by atoms with E-state index in [1.807, 2.05) is 0 Å². The van der Waals surface area contributed by atoms with Crippen LogP contribution in [0.1, 0.15) is 47.0 Å². The van der Waals surface area contributed by atoms with Crippen molar-refractivity contribution in [3.8, 4) is 0 Å². The van der Waals surface area contributed by atoms with Gasteiger partial charge in [0.05, 0.1) is 17.1 Å². The van der Waals surface area contributed by atoms with Crippen LogP contribution in [0.15, 0.2) is 4.99 Å². The molecule has 2 unspecified atom stereocenters. The molecule has 0 aromatic rings. The third kappa shape index (κ3) is 6.59. The average molecular weight is 360 g/mol. The predicted octanol–water partition coefficient (Wildman–Crippen LogP) is 1.57. The van der Waals surface area contributed by atoms with Crippen LogP contribution in [-0.2, 0) is 14.6 Å². The van der Waals surface area contributed by atoms with Gasteiger partial charge in [0.15, 0.2) is 15.8 Å². The molecular formula is C17H33N3O3S. The molecule has 2 heterocycles. The van der Waals surface area contributed by atoms with Crippen molar-refractivity contribution >= 4 is 15.8 Å². The van der Waals surface area contributed by atoms with E-state index in [9.17, 15) is 8.42 Å². The van der Waals surface area contributed by atoms with Crippen molar-refractivity contribution in [3.05, 3.63) is 0 Å². The zero-order valence-electron chi connectivity index (χ0n) is 15.5. The zero-order valence-corrected chi connectivity index (χ0v) is 16.3. The molecule has 140 valence electrons. The van der Waals surface area contributed by atoms with E-state index in [4.69, 9.17) is 4.74 Å². The van der Waals surface area contributed by atoms with Crippen molar-refractivity contribution in [3.63, 3.8) is 0 Å². The molecular weight excluding hydrogens is 326 g/mol. The second kappa shape index (κ2) is 8.04. The van der Waals surface area contributed by atoms with Gasteiger partial charge in [0.2, 0.25) is 0 Å². The molecule has 7 heteroatoms. The van der Waals surface area contributed by atoms with Crippen LogP contribution >= 0.6 is 0 Å². The molecule has 0 spiro atoms. The normalized spacial score (nSPS) is 29.6. The lowest BCUT2D eigenvalue weighted by Crippen LogP contribution is -2.50. The van der Waals surface area contributed by atoms with Crippen LogP contribution in [-0.4, -0.2) is 57.2 Å². The summed E-state index contributed by atoms with van der Waals surface area (Å²) in [6.07, 6.45) is 2.65. The second-order valence-electron chi connectivity index (χ2n) is 8.18. The van der Waals surface area contributed by atoms with E-state index in [2.05, 4.69) is 43.3 Å². The number of hydrogen-bond acceptors (Lipinski definition) is 4. The maximum atomic E-state index is 11.6. The van der Waals surface area contributed by atoms with Crippen molar-refractivity contribution in [1.82, 2.24) is 10.6 Å². The van der Waals surface area contributed by atoms with Crippen molar-refractivity contribution < 1.29 is 13.2 Å². The Balaban J connectivity index is 1.91. The van der Waals surface area contributed by atoms with Gasteiger partial charge in [0.25, 0.3) is 0 Å². The molecule has 0 saturated carbocycles. The van der Waals surface area contributed by atoms with Crippen LogP contribution < -0.4 is 10.6 Å². The quantitative estimate of drug-likeness (QED) is 0.575. The van der Waals surface area contributed by atoms with Crippen LogP contribution in [0.5, 0.6) is 0 Å². The number of nitrogens with zero attached hydrogens (tertiary/aromatic N) is 1. The number of nitrogens with one attached hydrogen (secondary N) is 2. The zero-order chi connectivity index (χ0) is 17.8. The van der Waals surface area contributed by atoms with Crippen LogP contribution in [0.3, 0.4) is 0 Å². The highest BCUT2D eigenvalue weighted by atomic mass is 32.2. The minimum absolute atomic E-state index is 0.112. The van der Waals surface area contributed by atoms with E-state index in [1.165, 1.54) is 0 Å². The van der Waals surface area contributed by atoms with Crippen LogP contribution in [0.4, 0.5) is 0 Å². The van der Waals surface area contributed by atoms with E-state index in [-0.39, 0.29) is 11.5 Å². The molecule has 0 aliphatic carbocycles. The Kier molecular flexibility index (Phi) is 6.53. The summed E-state index contributed by atoms with van der Waals surface area (Å²) >= 11 is 0. The fourth-order valence-corrected chi connectivity index (χ4v) is 5.11. The minimum Gasteiger partial charge on any atom is -0.375 e. The number of rotatable bonds is 5. The van der Waals surface area contributed by atoms with Crippen molar-refractivity contribution in [2.75, 3.05) is 31.2 Å². The Labute approximate surface area is 146 Å². The molecule has 2 saturated heterocycles. The molecule has 2 N–H and O–H groups in total. The van der Waals surface area contributed by atoms with E-state index < -0.39 is 9.84 Å². The third-order valence-corrected chi connectivity index (χ3v) is 6.37. The first-order valence-electron chi connectivity index (χ1n) is 9.04. The first-order valence-corrected chi connectivity index (χ1v) is 10.9. The number of guanidine groups is 1. The summed E-state index contributed by atoms with van der Waals surface area (Å²) in [7, 11) is -2.83. The van der Waals surface area contributed by atoms with Gasteiger partial charge in [-0.25, -0.2) is 8.42 Å². The molecule has 2 rings (SSSR count). The number of ether oxygens (including phenoxy) is 1. The Bertz CT molecular complexity index is 543. The fourth-order valence-electron chi connectivity index (χ4n) is 3.25. The summed E-state index contributed by atoms with van der Waals surface area (Å²) in [5.74, 6) is 2.09. The van der Waals surface area contributed by atoms with Gasteiger partial charge < -0.3 is 15.4 Å². The Morgan fingerprint density at radius 2 is 2.08 bits per heavy atom. The van der Waals surface area contributed by atoms with Gasteiger partial charge in [-0.05, 0) is 44.9 Å². The highest BCUT2D eigenvalue weighted by Crippen LogP contribution is 2.24. The fraction of sp³-hybridized carbons (Fsp3) is 0.941. The van der Waals surface area contributed by atoms with Gasteiger partial charge in [0, 0.05) is 25.7 Å². The van der Waals surface area contributed by atoms with Crippen LogP contribution in [0.2, 0.25) is 0 Å². The SMILES string of the molecule is CC(C)CN=C(NCC1CCS(=O)(=O)C1)NC1CCOC(C)(C)C1. The molecule has 2 aliphatic rings. The first kappa shape index (κ1) is 19.5. The lowest BCUT2D eigenvalue weighted by atomic mass is 9.94. The molecule has 24 heavy (non-hydrogen) atoms. The van der Waals surface area contributed by atoms with Crippen molar-refractivity contribution in [2.45, 2.75) is 58.6 Å². The number of aliphatic imine (C=N–C) groups is 1. The molecule has 0 amide bonds. The molecule has 0 aromatic heterocycles. The van der Waals surface area contributed by atoms with Gasteiger partial charge >= 0.3 is 0 Å². The second-order valence-corrected chi connectivity index (χ2v) is 10.4. The maximum absolute atomic E-state index is 11.6. The summed E-state index contributed by atoms with van der Waals surface area (Å²) < 4.78 is 29.0. The topological polar surface area (TPSA) is 79.8 Å². The first-order chi connectivity index (χ1) is 11.2. The van der Waals surface area contributed by atoms with Crippen LogP contribution in [0.25, 0.3) is 0 Å². The van der Waals surface area contributed by atoms with E-state index in [1.54, 1.807) is 0 Å². The molecule has 0 radical (unpaired) electrons. The Hall–Kier alpha value is -0.820. The standard InChI is InChI=1S/C17H33N3O3S/c1-13(2)10-18-16(19-11-14-6-8-24(21,22)12-14)20-15-5-7-23-17(3,4)9-15/h13-15H,5-12H2,1-4H3,(H2,18,19,20). The van der Waals surface area contributed by atoms with E-state index in [0.29, 0.717) is 30.0 Å². The minimum atomic E-state index is -2.83. The highest BCUT2D eigenvalue weighted by Gasteiger charge is 2.30. The summed E-state index contributed by atoms with van der Waals surface area (Å²) in [6.45, 7) is 10.7. The monoisotopic (exact) mass is 359 g/mol. The lowest BCUT2D eigenvalue weighted by molar-refractivity contribution is -0.0605. The summed E-state index contributed by atoms with van der Waals surface area (Å²) in [6, 6.07) is 0.333. The van der Waals surface area contributed by atoms with Gasteiger partial charge in [0.1, 0.15) is 0 Å². The third-order valence-electron chi connectivity index (χ3n) is 4.54. The van der Waals surface area contributed by atoms with Crippen LogP contribution in [0, 0.1) is 11.8 Å². The summed E-state index contributed by atoms with van der Waals surface area (Å²) in [4.78, 5) is 4.67. The molecule has 2 aliphatic heterocycles. The maximum Gasteiger partial charge on any atom is 0.191 e. The summed E-state index contributed by atoms with van der Waals surface area (Å²) in [5, 5.41) is 6.88. The Morgan fingerprint density at radius 1 is 1.33 bits per heavy atom. The van der Waals surface area contributed by atoms with E-state index >= 15 is 0 Å². The molecule has 2 fully saturated rings. The number of sulfone groups is 1. The smallest absolute Gasteiger partial charge is 0.191 e. The predicted molar refractivity (Wildman–Crippen MR) is 98.1 cm³/mol. The Morgan fingerprint density at radius 3 is 2.67 bits per heavy atom. The largest absolute Gasteiger partial charge is 0.375 e. The van der Waals surface area contributed by atoms with Gasteiger partial charge in [-0.1, -0.05) is 13.8 Å². The van der Waals surface area contributed by atoms with Gasteiger partial charge in [-0.2, -0.15) is 0 Å². The summed E-state index contributed by atoms with van der Waals surface area (Å²) in [5.41, 5.74) is -0.112. The van der Waals surface area contributed by atoms with Crippen molar-refractivity contribution in [1.29, 1.82) is 0 Å². The van der Waals surface area contributed by atoms with Crippen molar-refractivity contribution in [2.24, 2.45) is 16.8 Å². The molecule has 0 aromatic carbocycles. The molecule has 2 atom stereocenters. The number of hydrogen-bond donors (Lipinski definition) is 2. The average Bonchev–Trinajstić information content (AvgIpc) is 2.80. The highest BCUT2D eigenvalue weighted by molar-refractivity contribution is 7.91. The lowest BCUT2D eigenvalue weighted by Gasteiger charge is -2.36. The molecule has 0 bridgehead atoms. The van der Waals surface area contributed by atoms with Gasteiger partial charge in [-0.3, -0.25) is 4.99 Å². The van der Waals surface area contributed by atoms with E-state index in [0.717, 1.165) is 38.4 Å².